The molecule has 0 saturated heterocycles. The predicted molar refractivity (Wildman–Crippen MR) is 110 cm³/mol. The van der Waals surface area contributed by atoms with E-state index in [2.05, 4.69) is 0 Å². The number of benzene rings is 2. The van der Waals surface area contributed by atoms with Gasteiger partial charge in [0.2, 0.25) is 0 Å². The second kappa shape index (κ2) is 7.11. The molecule has 136 valence electrons. The Morgan fingerprint density at radius 3 is 2.27 bits per heavy atom. The fraction of sp³-hybridized carbons (Fsp3) is 0.375. The highest BCUT2D eigenvalue weighted by Gasteiger charge is 2.26. The highest BCUT2D eigenvalue weighted by molar-refractivity contribution is 5.64. The number of hydrogen-bond donors (Lipinski definition) is 0. The summed E-state index contributed by atoms with van der Waals surface area (Å²) in [5.41, 5.74) is 4.48. The lowest BCUT2D eigenvalue weighted by atomic mass is 9.92. The van der Waals surface area contributed by atoms with E-state index in [-0.39, 0.29) is 5.56 Å². The third-order valence-corrected chi connectivity index (χ3v) is 4.83. The molecule has 1 heterocycles. The van der Waals surface area contributed by atoms with Crippen molar-refractivity contribution in [3.63, 3.8) is 0 Å². The van der Waals surface area contributed by atoms with Crippen molar-refractivity contribution in [2.24, 2.45) is 7.05 Å². The van der Waals surface area contributed by atoms with Crippen LogP contribution in [-0.4, -0.2) is 4.57 Å². The number of hydrogen-bond acceptors (Lipinski definition) is 0. The van der Waals surface area contributed by atoms with Crippen LogP contribution in [0.4, 0.5) is 0 Å². The minimum absolute atomic E-state index is 0.288. The summed E-state index contributed by atoms with van der Waals surface area (Å²) in [6.45, 7) is 7.14. The fourth-order valence-corrected chi connectivity index (χ4v) is 3.45. The SMILES string of the molecule is [2H]C([2H])([2H])c1ccc(C)c(-c2n(-c3c(C([2H])(C)C)cccc3C([2H])(C)C)cc[n+]2C)c1. The largest absolute Gasteiger partial charge is 0.294 e. The smallest absolute Gasteiger partial charge is 0.232 e. The molecule has 0 aliphatic heterocycles. The Balaban J connectivity index is 2.41. The first-order chi connectivity index (χ1) is 14.1. The molecule has 1 aromatic heterocycles. The summed E-state index contributed by atoms with van der Waals surface area (Å²) in [4.78, 5) is 0. The van der Waals surface area contributed by atoms with Crippen LogP contribution in [0.2, 0.25) is 0 Å². The summed E-state index contributed by atoms with van der Waals surface area (Å²) in [6.07, 6.45) is 3.85. The van der Waals surface area contributed by atoms with Gasteiger partial charge in [0.05, 0.1) is 12.6 Å². The van der Waals surface area contributed by atoms with Gasteiger partial charge >= 0.3 is 0 Å². The minimum Gasteiger partial charge on any atom is -0.232 e. The third-order valence-electron chi connectivity index (χ3n) is 4.83. The maximum atomic E-state index is 8.75. The Bertz CT molecular complexity index is 1080. The van der Waals surface area contributed by atoms with Crippen molar-refractivity contribution >= 4 is 0 Å². The molecular formula is C24H31N2+. The molecule has 26 heavy (non-hydrogen) atoms. The Labute approximate surface area is 165 Å². The van der Waals surface area contributed by atoms with Crippen LogP contribution in [-0.2, 0) is 7.05 Å². The molecule has 0 aliphatic carbocycles. The highest BCUT2D eigenvalue weighted by Crippen LogP contribution is 2.34. The van der Waals surface area contributed by atoms with E-state index in [1.807, 2.05) is 87.5 Å². The van der Waals surface area contributed by atoms with Crippen LogP contribution in [0.5, 0.6) is 0 Å². The topological polar surface area (TPSA) is 8.81 Å². The Morgan fingerprint density at radius 2 is 1.69 bits per heavy atom. The third kappa shape index (κ3) is 3.21. The molecule has 0 spiro atoms. The van der Waals surface area contributed by atoms with Crippen molar-refractivity contribution in [1.29, 1.82) is 0 Å². The molecular weight excluding hydrogens is 316 g/mol. The molecule has 0 aliphatic rings. The maximum Gasteiger partial charge on any atom is 0.294 e. The molecule has 2 nitrogen and oxygen atoms in total. The van der Waals surface area contributed by atoms with Gasteiger partial charge in [-0.15, -0.1) is 0 Å². The molecule has 0 N–H and O–H groups in total. The van der Waals surface area contributed by atoms with Gasteiger partial charge in [-0.25, -0.2) is 4.57 Å². The van der Waals surface area contributed by atoms with Crippen LogP contribution in [0.3, 0.4) is 0 Å². The minimum atomic E-state index is -2.20. The number of aromatic nitrogens is 2. The lowest BCUT2D eigenvalue weighted by molar-refractivity contribution is -0.659. The van der Waals surface area contributed by atoms with E-state index in [0.717, 1.165) is 33.8 Å². The quantitative estimate of drug-likeness (QED) is 0.522. The molecule has 2 heteroatoms. The second-order valence-electron chi connectivity index (χ2n) is 7.33. The molecule has 0 atom stereocenters. The van der Waals surface area contributed by atoms with Gasteiger partial charge in [0.1, 0.15) is 18.1 Å². The van der Waals surface area contributed by atoms with E-state index in [9.17, 15) is 0 Å². The van der Waals surface area contributed by atoms with Gasteiger partial charge in [0.25, 0.3) is 5.82 Å². The average molecular weight is 353 g/mol. The zero-order valence-corrected chi connectivity index (χ0v) is 16.5. The van der Waals surface area contributed by atoms with E-state index in [1.54, 1.807) is 12.1 Å². The maximum absolute atomic E-state index is 8.75. The summed E-state index contributed by atoms with van der Waals surface area (Å²) in [5.74, 6) is -0.954. The lowest BCUT2D eigenvalue weighted by Gasteiger charge is -2.18. The molecule has 2 aromatic carbocycles. The lowest BCUT2D eigenvalue weighted by Crippen LogP contribution is -2.29. The van der Waals surface area contributed by atoms with Gasteiger partial charge < -0.3 is 0 Å². The first kappa shape index (κ1) is 12.9. The van der Waals surface area contributed by atoms with Gasteiger partial charge in [-0.05, 0) is 37.2 Å². The molecule has 0 amide bonds. The van der Waals surface area contributed by atoms with Crippen molar-refractivity contribution in [1.82, 2.24) is 4.57 Å². The number of rotatable bonds is 4. The number of imidazole rings is 1. The Hall–Kier alpha value is -2.35. The molecule has 3 rings (SSSR count). The van der Waals surface area contributed by atoms with Gasteiger partial charge in [0.15, 0.2) is 0 Å². The van der Waals surface area contributed by atoms with Gasteiger partial charge in [-0.2, -0.15) is 4.57 Å². The zero-order valence-electron chi connectivity index (χ0n) is 21.5. The van der Waals surface area contributed by atoms with Crippen molar-refractivity contribution in [3.05, 3.63) is 71.0 Å². The van der Waals surface area contributed by atoms with Crippen LogP contribution in [0.15, 0.2) is 48.8 Å². The summed E-state index contributed by atoms with van der Waals surface area (Å²) in [7, 11) is 1.92. The number of nitrogens with zero attached hydrogens (tertiary/aromatic N) is 2. The van der Waals surface area contributed by atoms with E-state index in [4.69, 9.17) is 6.85 Å². The van der Waals surface area contributed by atoms with Crippen LogP contribution in [0.1, 0.15) is 68.6 Å². The molecule has 3 aromatic rings. The number of aryl methyl sites for hydroxylation is 3. The first-order valence-electron chi connectivity index (χ1n) is 11.4. The van der Waals surface area contributed by atoms with Crippen LogP contribution in [0.25, 0.3) is 17.1 Å². The Kier molecular flexibility index (Phi) is 3.53. The summed E-state index contributed by atoms with van der Waals surface area (Å²) in [5, 5.41) is 0. The molecule has 0 fully saturated rings. The number of para-hydroxylation sites is 1. The predicted octanol–water partition coefficient (Wildman–Crippen LogP) is 5.83. The molecule has 0 unspecified atom stereocenters. The zero-order chi connectivity index (χ0) is 23.4. The van der Waals surface area contributed by atoms with Crippen molar-refractivity contribution in [3.8, 4) is 17.1 Å². The normalized spacial score (nSPS) is 15.7. The average Bonchev–Trinajstić information content (AvgIpc) is 3.00. The monoisotopic (exact) mass is 352 g/mol. The van der Waals surface area contributed by atoms with E-state index < -0.39 is 18.6 Å². The van der Waals surface area contributed by atoms with Crippen molar-refractivity contribution in [2.45, 2.75) is 53.3 Å². The fourth-order valence-electron chi connectivity index (χ4n) is 3.45. The van der Waals surface area contributed by atoms with Crippen molar-refractivity contribution in [2.75, 3.05) is 0 Å². The van der Waals surface area contributed by atoms with Gasteiger partial charge in [0, 0.05) is 18.0 Å². The molecule has 0 bridgehead atoms. The summed E-state index contributed by atoms with van der Waals surface area (Å²) >= 11 is 0. The summed E-state index contributed by atoms with van der Waals surface area (Å²) in [6, 6.07) is 11.0. The van der Waals surface area contributed by atoms with E-state index in [1.165, 1.54) is 0 Å². The Morgan fingerprint density at radius 1 is 1.04 bits per heavy atom. The van der Waals surface area contributed by atoms with Crippen LogP contribution < -0.4 is 4.57 Å². The second-order valence-corrected chi connectivity index (χ2v) is 7.33. The highest BCUT2D eigenvalue weighted by atomic mass is 15.1. The molecule has 0 radical (unpaired) electrons. The van der Waals surface area contributed by atoms with Crippen LogP contribution >= 0.6 is 0 Å². The first-order valence-corrected chi connectivity index (χ1v) is 8.95. The van der Waals surface area contributed by atoms with Crippen LogP contribution in [0, 0.1) is 13.8 Å². The van der Waals surface area contributed by atoms with E-state index in [0.29, 0.717) is 0 Å². The van der Waals surface area contributed by atoms with Gasteiger partial charge in [-0.1, -0.05) is 63.6 Å². The van der Waals surface area contributed by atoms with Gasteiger partial charge in [-0.3, -0.25) is 0 Å². The summed E-state index contributed by atoms with van der Waals surface area (Å²) < 4.78 is 45.0. The standard InChI is InChI=1S/C24H31N2/c1-16(2)20-9-8-10-21(17(3)4)23(20)26-14-13-25(7)24(26)22-15-18(5)11-12-19(22)6/h8-17H,1-7H3/q+1/i5D3,16D,17D. The van der Waals surface area contributed by atoms with Crippen molar-refractivity contribution < 1.29 is 11.4 Å². The van der Waals surface area contributed by atoms with E-state index >= 15 is 0 Å². The molecule has 0 saturated carbocycles.